The molecular formula is C10H7F3N2O. The molecule has 84 valence electrons. The van der Waals surface area contributed by atoms with Crippen LogP contribution in [0.2, 0.25) is 0 Å². The molecule has 6 heteroatoms. The summed E-state index contributed by atoms with van der Waals surface area (Å²) < 4.78 is 38.0. The van der Waals surface area contributed by atoms with Crippen molar-refractivity contribution in [2.45, 2.75) is 6.18 Å². The summed E-state index contributed by atoms with van der Waals surface area (Å²) in [5, 5.41) is 12.4. The molecule has 0 amide bonds. The maximum absolute atomic E-state index is 12.3. The standard InChI is InChI=1S/C10H7F3N2O/c11-10(12,13)9-8(16)6-15(14-9)7-4-2-1-3-5-7/h1-6,16H. The second-order valence-electron chi connectivity index (χ2n) is 3.14. The van der Waals surface area contributed by atoms with Crippen LogP contribution in [0.25, 0.3) is 5.69 Å². The first-order valence-corrected chi connectivity index (χ1v) is 4.40. The van der Waals surface area contributed by atoms with Gasteiger partial charge in [0.25, 0.3) is 0 Å². The van der Waals surface area contributed by atoms with Crippen molar-refractivity contribution in [2.24, 2.45) is 0 Å². The van der Waals surface area contributed by atoms with Gasteiger partial charge in [-0.05, 0) is 12.1 Å². The number of aromatic nitrogens is 2. The number of rotatable bonds is 1. The smallest absolute Gasteiger partial charge is 0.438 e. The molecular weight excluding hydrogens is 221 g/mol. The molecule has 0 radical (unpaired) electrons. The summed E-state index contributed by atoms with van der Waals surface area (Å²) in [7, 11) is 0. The number of halogens is 3. The van der Waals surface area contributed by atoms with Crippen LogP contribution >= 0.6 is 0 Å². The highest BCUT2D eigenvalue weighted by Crippen LogP contribution is 2.34. The maximum atomic E-state index is 12.3. The summed E-state index contributed by atoms with van der Waals surface area (Å²) in [6.07, 6.45) is -3.72. The van der Waals surface area contributed by atoms with Gasteiger partial charge in [0.1, 0.15) is 0 Å². The van der Waals surface area contributed by atoms with Gasteiger partial charge in [-0.2, -0.15) is 18.3 Å². The van der Waals surface area contributed by atoms with E-state index < -0.39 is 17.6 Å². The zero-order valence-corrected chi connectivity index (χ0v) is 7.94. The number of alkyl halides is 3. The van der Waals surface area contributed by atoms with Gasteiger partial charge in [0.2, 0.25) is 5.69 Å². The minimum Gasteiger partial charge on any atom is -0.504 e. The van der Waals surface area contributed by atoms with Crippen molar-refractivity contribution in [3.63, 3.8) is 0 Å². The Morgan fingerprint density at radius 1 is 1.12 bits per heavy atom. The third kappa shape index (κ3) is 1.86. The molecule has 1 aromatic heterocycles. The van der Waals surface area contributed by atoms with E-state index in [-0.39, 0.29) is 0 Å². The second kappa shape index (κ2) is 3.55. The highest BCUT2D eigenvalue weighted by atomic mass is 19.4. The Morgan fingerprint density at radius 3 is 2.25 bits per heavy atom. The van der Waals surface area contributed by atoms with Crippen LogP contribution in [0.5, 0.6) is 5.75 Å². The van der Waals surface area contributed by atoms with E-state index in [1.54, 1.807) is 30.3 Å². The van der Waals surface area contributed by atoms with Crippen molar-refractivity contribution in [2.75, 3.05) is 0 Å². The summed E-state index contributed by atoms with van der Waals surface area (Å²) in [4.78, 5) is 0. The molecule has 0 aliphatic carbocycles. The first-order chi connectivity index (χ1) is 7.48. The predicted molar refractivity (Wildman–Crippen MR) is 50.2 cm³/mol. The molecule has 1 aromatic carbocycles. The topological polar surface area (TPSA) is 38.0 Å². The molecule has 16 heavy (non-hydrogen) atoms. The van der Waals surface area contributed by atoms with Gasteiger partial charge in [-0.3, -0.25) is 0 Å². The van der Waals surface area contributed by atoms with Gasteiger partial charge in [-0.1, -0.05) is 18.2 Å². The van der Waals surface area contributed by atoms with Crippen molar-refractivity contribution in [1.82, 2.24) is 9.78 Å². The van der Waals surface area contributed by atoms with Gasteiger partial charge in [0.05, 0.1) is 11.9 Å². The fourth-order valence-corrected chi connectivity index (χ4v) is 1.28. The maximum Gasteiger partial charge on any atom is 0.438 e. The van der Waals surface area contributed by atoms with Crippen molar-refractivity contribution < 1.29 is 18.3 Å². The number of hydrogen-bond acceptors (Lipinski definition) is 2. The largest absolute Gasteiger partial charge is 0.504 e. The molecule has 0 saturated carbocycles. The Balaban J connectivity index is 2.47. The van der Waals surface area contributed by atoms with E-state index in [0.717, 1.165) is 10.9 Å². The van der Waals surface area contributed by atoms with Crippen LogP contribution in [0.1, 0.15) is 5.69 Å². The molecule has 0 saturated heterocycles. The molecule has 0 aliphatic heterocycles. The number of hydrogen-bond donors (Lipinski definition) is 1. The Kier molecular flexibility index (Phi) is 2.34. The van der Waals surface area contributed by atoms with E-state index in [4.69, 9.17) is 5.11 Å². The van der Waals surface area contributed by atoms with Gasteiger partial charge in [0.15, 0.2) is 5.75 Å². The van der Waals surface area contributed by atoms with E-state index in [2.05, 4.69) is 5.10 Å². The number of benzene rings is 1. The van der Waals surface area contributed by atoms with Gasteiger partial charge in [0, 0.05) is 0 Å². The van der Waals surface area contributed by atoms with Crippen LogP contribution in [-0.2, 0) is 6.18 Å². The zero-order valence-electron chi connectivity index (χ0n) is 7.94. The van der Waals surface area contributed by atoms with E-state index in [1.165, 1.54) is 0 Å². The first-order valence-electron chi connectivity index (χ1n) is 4.40. The van der Waals surface area contributed by atoms with Gasteiger partial charge < -0.3 is 5.11 Å². The molecule has 1 heterocycles. The van der Waals surface area contributed by atoms with Gasteiger partial charge in [-0.15, -0.1) is 0 Å². The third-order valence-corrected chi connectivity index (χ3v) is 1.98. The fourth-order valence-electron chi connectivity index (χ4n) is 1.28. The summed E-state index contributed by atoms with van der Waals surface area (Å²) in [6, 6.07) is 8.25. The second-order valence-corrected chi connectivity index (χ2v) is 3.14. The van der Waals surface area contributed by atoms with Crippen LogP contribution in [0.15, 0.2) is 36.5 Å². The van der Waals surface area contributed by atoms with E-state index in [0.29, 0.717) is 5.69 Å². The number of para-hydroxylation sites is 1. The minimum atomic E-state index is -4.65. The van der Waals surface area contributed by atoms with E-state index in [9.17, 15) is 13.2 Å². The molecule has 0 atom stereocenters. The van der Waals surface area contributed by atoms with E-state index >= 15 is 0 Å². The van der Waals surface area contributed by atoms with Crippen LogP contribution in [0.3, 0.4) is 0 Å². The summed E-state index contributed by atoms with van der Waals surface area (Å²) in [5.74, 6) is -0.878. The molecule has 0 bridgehead atoms. The van der Waals surface area contributed by atoms with Crippen molar-refractivity contribution in [3.05, 3.63) is 42.2 Å². The number of aromatic hydroxyl groups is 1. The summed E-state index contributed by atoms with van der Waals surface area (Å²) in [6.45, 7) is 0. The monoisotopic (exact) mass is 228 g/mol. The van der Waals surface area contributed by atoms with Crippen LogP contribution < -0.4 is 0 Å². The molecule has 0 unspecified atom stereocenters. The lowest BCUT2D eigenvalue weighted by Crippen LogP contribution is -2.07. The molecule has 1 N–H and O–H groups in total. The van der Waals surface area contributed by atoms with Gasteiger partial charge in [-0.25, -0.2) is 4.68 Å². The highest BCUT2D eigenvalue weighted by molar-refractivity contribution is 5.35. The van der Waals surface area contributed by atoms with E-state index in [1.807, 2.05) is 0 Å². The minimum absolute atomic E-state index is 0.452. The highest BCUT2D eigenvalue weighted by Gasteiger charge is 2.37. The average molecular weight is 228 g/mol. The Morgan fingerprint density at radius 2 is 1.75 bits per heavy atom. The van der Waals surface area contributed by atoms with Crippen molar-refractivity contribution in [3.8, 4) is 11.4 Å². The molecule has 0 aliphatic rings. The Hall–Kier alpha value is -1.98. The zero-order chi connectivity index (χ0) is 11.8. The molecule has 3 nitrogen and oxygen atoms in total. The fraction of sp³-hybridized carbons (Fsp3) is 0.100. The van der Waals surface area contributed by atoms with Crippen LogP contribution in [-0.4, -0.2) is 14.9 Å². The molecule has 2 aromatic rings. The lowest BCUT2D eigenvalue weighted by molar-refractivity contribution is -0.142. The molecule has 2 rings (SSSR count). The molecule has 0 fully saturated rings. The molecule has 0 spiro atoms. The average Bonchev–Trinajstić information content (AvgIpc) is 2.61. The number of nitrogens with zero attached hydrogens (tertiary/aromatic N) is 2. The van der Waals surface area contributed by atoms with Crippen molar-refractivity contribution >= 4 is 0 Å². The van der Waals surface area contributed by atoms with Gasteiger partial charge >= 0.3 is 6.18 Å². The summed E-state index contributed by atoms with van der Waals surface area (Å²) >= 11 is 0. The Bertz CT molecular complexity index is 491. The van der Waals surface area contributed by atoms with Crippen LogP contribution in [0.4, 0.5) is 13.2 Å². The predicted octanol–water partition coefficient (Wildman–Crippen LogP) is 2.60. The lowest BCUT2D eigenvalue weighted by atomic mass is 10.3. The summed E-state index contributed by atoms with van der Waals surface area (Å²) in [5.41, 5.74) is -0.829. The Labute approximate surface area is 88.8 Å². The van der Waals surface area contributed by atoms with Crippen molar-refractivity contribution in [1.29, 1.82) is 0 Å². The quantitative estimate of drug-likeness (QED) is 0.814. The van der Waals surface area contributed by atoms with Crippen LogP contribution in [0, 0.1) is 0 Å². The lowest BCUT2D eigenvalue weighted by Gasteiger charge is -2.02. The SMILES string of the molecule is Oc1cn(-c2ccccc2)nc1C(F)(F)F. The first kappa shape index (κ1) is 10.5. The normalized spacial score (nSPS) is 11.7. The third-order valence-electron chi connectivity index (χ3n) is 1.98.